The number of nitriles is 1. The van der Waals surface area contributed by atoms with Crippen LogP contribution < -0.4 is 5.32 Å². The van der Waals surface area contributed by atoms with Crippen molar-refractivity contribution in [3.8, 4) is 11.8 Å². The molecule has 0 unspecified atom stereocenters. The Morgan fingerprint density at radius 2 is 2.05 bits per heavy atom. The fourth-order valence-corrected chi connectivity index (χ4v) is 1.58. The monoisotopic (exact) mass is 296 g/mol. The number of halogens is 1. The highest BCUT2D eigenvalue weighted by Gasteiger charge is 2.22. The molecular formula is C13H13ClN2O4. The van der Waals surface area contributed by atoms with E-state index in [-0.39, 0.29) is 24.7 Å². The number of hydrogen-bond acceptors (Lipinski definition) is 5. The number of amides is 1. The van der Waals surface area contributed by atoms with Crippen LogP contribution in [0.25, 0.3) is 0 Å². The lowest BCUT2D eigenvalue weighted by atomic mass is 10.1. The summed E-state index contributed by atoms with van der Waals surface area (Å²) in [6, 6.07) is 6.92. The Morgan fingerprint density at radius 1 is 1.40 bits per heavy atom. The third-order valence-electron chi connectivity index (χ3n) is 2.40. The largest absolute Gasteiger partial charge is 0.508 e. The number of carbonyl (C=O) groups excluding carboxylic acids is 2. The molecular weight excluding hydrogens is 284 g/mol. The quantitative estimate of drug-likeness (QED) is 0.595. The van der Waals surface area contributed by atoms with E-state index in [0.29, 0.717) is 0 Å². The summed E-state index contributed by atoms with van der Waals surface area (Å²) in [7, 11) is 0. The van der Waals surface area contributed by atoms with Crippen molar-refractivity contribution in [1.29, 1.82) is 5.26 Å². The Labute approximate surface area is 120 Å². The van der Waals surface area contributed by atoms with Gasteiger partial charge in [0.2, 0.25) is 5.91 Å². The predicted octanol–water partition coefficient (Wildman–Crippen LogP) is 0.725. The number of phenolic OH excluding ortho intramolecular Hbond substituents is 1. The van der Waals surface area contributed by atoms with E-state index in [1.807, 2.05) is 0 Å². The average molecular weight is 297 g/mol. The molecule has 0 aliphatic heterocycles. The number of ether oxygens (including phenoxy) is 1. The number of benzene rings is 1. The first-order valence-corrected chi connectivity index (χ1v) is 6.27. The standard InChI is InChI=1S/C13H13ClN2O4/c14-8-12(18)16-11(13(19)20-6-5-15)7-9-1-3-10(17)4-2-9/h1-4,11,17H,6-8H2,(H,16,18)/t11-/m0/s1. The molecule has 1 aromatic rings. The highest BCUT2D eigenvalue weighted by Crippen LogP contribution is 2.12. The number of nitrogens with one attached hydrogen (secondary N) is 1. The second kappa shape index (κ2) is 8.02. The highest BCUT2D eigenvalue weighted by molar-refractivity contribution is 6.27. The number of esters is 1. The molecule has 2 N–H and O–H groups in total. The molecule has 6 nitrogen and oxygen atoms in total. The predicted molar refractivity (Wildman–Crippen MR) is 71.0 cm³/mol. The number of phenols is 1. The Kier molecular flexibility index (Phi) is 6.33. The second-order valence-corrected chi connectivity index (χ2v) is 4.16. The summed E-state index contributed by atoms with van der Waals surface area (Å²) in [6.07, 6.45) is 0.174. The van der Waals surface area contributed by atoms with Gasteiger partial charge in [0, 0.05) is 6.42 Å². The molecule has 0 aromatic heterocycles. The van der Waals surface area contributed by atoms with Crippen LogP contribution in [0.5, 0.6) is 5.75 Å². The summed E-state index contributed by atoms with van der Waals surface area (Å²) in [4.78, 5) is 23.0. The molecule has 106 valence electrons. The number of nitrogens with zero attached hydrogens (tertiary/aromatic N) is 1. The van der Waals surface area contributed by atoms with Crippen molar-refractivity contribution >= 4 is 23.5 Å². The van der Waals surface area contributed by atoms with Crippen molar-refractivity contribution in [2.24, 2.45) is 0 Å². The Balaban J connectivity index is 2.76. The number of carbonyl (C=O) groups is 2. The maximum atomic E-state index is 11.7. The lowest BCUT2D eigenvalue weighted by Crippen LogP contribution is -2.44. The smallest absolute Gasteiger partial charge is 0.330 e. The lowest BCUT2D eigenvalue weighted by molar-refractivity contribution is -0.146. The van der Waals surface area contributed by atoms with E-state index in [1.165, 1.54) is 12.1 Å². The molecule has 0 radical (unpaired) electrons. The van der Waals surface area contributed by atoms with E-state index in [9.17, 15) is 14.7 Å². The summed E-state index contributed by atoms with van der Waals surface area (Å²) in [5.41, 5.74) is 0.719. The molecule has 20 heavy (non-hydrogen) atoms. The molecule has 1 atom stereocenters. The van der Waals surface area contributed by atoms with Crippen LogP contribution in [0.3, 0.4) is 0 Å². The van der Waals surface area contributed by atoms with Gasteiger partial charge >= 0.3 is 5.97 Å². The Hall–Kier alpha value is -2.26. The molecule has 1 amide bonds. The molecule has 0 fully saturated rings. The van der Waals surface area contributed by atoms with E-state index < -0.39 is 17.9 Å². The number of aromatic hydroxyl groups is 1. The minimum absolute atomic E-state index is 0.0992. The van der Waals surface area contributed by atoms with Gasteiger partial charge in [-0.2, -0.15) is 5.26 Å². The molecule has 0 saturated heterocycles. The summed E-state index contributed by atoms with van der Waals surface area (Å²) in [5, 5.41) is 20.0. The number of hydrogen-bond donors (Lipinski definition) is 2. The van der Waals surface area contributed by atoms with Gasteiger partial charge in [-0.05, 0) is 17.7 Å². The van der Waals surface area contributed by atoms with Gasteiger partial charge in [0.25, 0.3) is 0 Å². The lowest BCUT2D eigenvalue weighted by Gasteiger charge is -2.16. The molecule has 0 aliphatic carbocycles. The van der Waals surface area contributed by atoms with Gasteiger partial charge in [-0.3, -0.25) is 4.79 Å². The van der Waals surface area contributed by atoms with Crippen molar-refractivity contribution < 1.29 is 19.4 Å². The first-order chi connectivity index (χ1) is 9.56. The van der Waals surface area contributed by atoms with Crippen LogP contribution in [0.15, 0.2) is 24.3 Å². The second-order valence-electron chi connectivity index (χ2n) is 3.89. The fraction of sp³-hybridized carbons (Fsp3) is 0.308. The van der Waals surface area contributed by atoms with Gasteiger partial charge in [-0.25, -0.2) is 4.79 Å². The van der Waals surface area contributed by atoms with Crippen molar-refractivity contribution in [3.05, 3.63) is 29.8 Å². The van der Waals surface area contributed by atoms with Gasteiger partial charge in [-0.15, -0.1) is 11.6 Å². The number of alkyl halides is 1. The molecule has 0 heterocycles. The van der Waals surface area contributed by atoms with Crippen molar-refractivity contribution in [3.63, 3.8) is 0 Å². The highest BCUT2D eigenvalue weighted by atomic mass is 35.5. The molecule has 0 saturated carbocycles. The van der Waals surface area contributed by atoms with Crippen LogP contribution in [0.1, 0.15) is 5.56 Å². The van der Waals surface area contributed by atoms with Crippen LogP contribution in [0.4, 0.5) is 0 Å². The van der Waals surface area contributed by atoms with E-state index >= 15 is 0 Å². The average Bonchev–Trinajstić information content (AvgIpc) is 2.46. The summed E-state index contributed by atoms with van der Waals surface area (Å²) < 4.78 is 4.69. The van der Waals surface area contributed by atoms with E-state index in [2.05, 4.69) is 10.1 Å². The zero-order valence-corrected chi connectivity index (χ0v) is 11.3. The van der Waals surface area contributed by atoms with Crippen molar-refractivity contribution in [2.45, 2.75) is 12.5 Å². The maximum Gasteiger partial charge on any atom is 0.330 e. The van der Waals surface area contributed by atoms with Crippen molar-refractivity contribution in [2.75, 3.05) is 12.5 Å². The van der Waals surface area contributed by atoms with Crippen LogP contribution in [0.2, 0.25) is 0 Å². The zero-order valence-electron chi connectivity index (χ0n) is 10.5. The van der Waals surface area contributed by atoms with Gasteiger partial charge < -0.3 is 15.2 Å². The van der Waals surface area contributed by atoms with Gasteiger partial charge in [0.1, 0.15) is 23.7 Å². The minimum Gasteiger partial charge on any atom is -0.508 e. The topological polar surface area (TPSA) is 99.4 Å². The van der Waals surface area contributed by atoms with Crippen LogP contribution >= 0.6 is 11.6 Å². The van der Waals surface area contributed by atoms with Gasteiger partial charge in [0.15, 0.2) is 6.61 Å². The first-order valence-electron chi connectivity index (χ1n) is 5.73. The third kappa shape index (κ3) is 5.16. The van der Waals surface area contributed by atoms with E-state index in [1.54, 1.807) is 18.2 Å². The maximum absolute atomic E-state index is 11.7. The summed E-state index contributed by atoms with van der Waals surface area (Å²) >= 11 is 5.38. The molecule has 0 bridgehead atoms. The zero-order chi connectivity index (χ0) is 15.0. The van der Waals surface area contributed by atoms with E-state index in [4.69, 9.17) is 16.9 Å². The SMILES string of the molecule is N#CCOC(=O)[C@H](Cc1ccc(O)cc1)NC(=O)CCl. The Morgan fingerprint density at radius 3 is 2.60 bits per heavy atom. The Bertz CT molecular complexity index is 510. The van der Waals surface area contributed by atoms with Crippen LogP contribution in [-0.4, -0.2) is 35.5 Å². The molecule has 1 rings (SSSR count). The van der Waals surface area contributed by atoms with Gasteiger partial charge in [-0.1, -0.05) is 12.1 Å². The molecule has 0 aliphatic rings. The van der Waals surface area contributed by atoms with Gasteiger partial charge in [0.05, 0.1) is 0 Å². The van der Waals surface area contributed by atoms with Crippen LogP contribution in [-0.2, 0) is 20.7 Å². The molecule has 7 heteroatoms. The fourth-order valence-electron chi connectivity index (χ4n) is 1.50. The third-order valence-corrected chi connectivity index (χ3v) is 2.64. The molecule has 0 spiro atoms. The van der Waals surface area contributed by atoms with E-state index in [0.717, 1.165) is 5.56 Å². The normalized spacial score (nSPS) is 11.2. The van der Waals surface area contributed by atoms with Crippen LogP contribution in [0, 0.1) is 11.3 Å². The summed E-state index contributed by atoms with van der Waals surface area (Å²) in [6.45, 7) is -0.387. The van der Waals surface area contributed by atoms with Crippen molar-refractivity contribution in [1.82, 2.24) is 5.32 Å². The molecule has 1 aromatic carbocycles. The summed E-state index contributed by atoms with van der Waals surface area (Å²) in [5.74, 6) is -1.40. The number of rotatable bonds is 6. The first kappa shape index (κ1) is 15.8. The minimum atomic E-state index is -0.931.